The van der Waals surface area contributed by atoms with E-state index in [9.17, 15) is 9.59 Å². The number of ether oxygens (including phenoxy) is 1. The van der Waals surface area contributed by atoms with Gasteiger partial charge in [-0.1, -0.05) is 22.9 Å². The topological polar surface area (TPSA) is 46.6 Å². The Hall–Kier alpha value is -0.580. The van der Waals surface area contributed by atoms with Crippen molar-refractivity contribution in [2.75, 3.05) is 25.5 Å². The molecule has 0 aromatic rings. The molecule has 0 bridgehead atoms. The lowest BCUT2D eigenvalue weighted by molar-refractivity contribution is -0.146. The molecule has 1 amide bonds. The summed E-state index contributed by atoms with van der Waals surface area (Å²) in [7, 11) is 1.39. The smallest absolute Gasteiger partial charge is 0.310 e. The standard InChI is InChI=1S/C10H16BrNO3/c1-7-5-12(9(13)3-4-11)6-8(7)10(14)15-2/h7-8H,3-6H2,1-2H3. The maximum absolute atomic E-state index is 11.6. The van der Waals surface area contributed by atoms with E-state index in [0.717, 1.165) is 0 Å². The van der Waals surface area contributed by atoms with Crippen molar-refractivity contribution in [1.82, 2.24) is 4.90 Å². The van der Waals surface area contributed by atoms with Crippen molar-refractivity contribution in [2.24, 2.45) is 11.8 Å². The molecule has 1 saturated heterocycles. The van der Waals surface area contributed by atoms with Crippen molar-refractivity contribution in [2.45, 2.75) is 13.3 Å². The second-order valence-electron chi connectivity index (χ2n) is 3.84. The van der Waals surface area contributed by atoms with E-state index >= 15 is 0 Å². The molecule has 1 rings (SSSR count). The predicted molar refractivity (Wildman–Crippen MR) is 59.7 cm³/mol. The summed E-state index contributed by atoms with van der Waals surface area (Å²) in [5, 5.41) is 0.666. The van der Waals surface area contributed by atoms with Gasteiger partial charge in [0.1, 0.15) is 0 Å². The van der Waals surface area contributed by atoms with Gasteiger partial charge in [0.25, 0.3) is 0 Å². The van der Waals surface area contributed by atoms with E-state index in [2.05, 4.69) is 15.9 Å². The fourth-order valence-electron chi connectivity index (χ4n) is 1.87. The van der Waals surface area contributed by atoms with Crippen molar-refractivity contribution < 1.29 is 14.3 Å². The van der Waals surface area contributed by atoms with Crippen LogP contribution in [0.5, 0.6) is 0 Å². The average molecular weight is 278 g/mol. The van der Waals surface area contributed by atoms with Gasteiger partial charge in [-0.25, -0.2) is 0 Å². The maximum Gasteiger partial charge on any atom is 0.310 e. The fraction of sp³-hybridized carbons (Fsp3) is 0.800. The Labute approximate surface area is 98.1 Å². The number of hydrogen-bond acceptors (Lipinski definition) is 3. The van der Waals surface area contributed by atoms with E-state index in [-0.39, 0.29) is 23.7 Å². The number of amides is 1. The highest BCUT2D eigenvalue weighted by Crippen LogP contribution is 2.24. The quantitative estimate of drug-likeness (QED) is 0.572. The number of methoxy groups -OCH3 is 1. The van der Waals surface area contributed by atoms with Gasteiger partial charge in [0.2, 0.25) is 5.91 Å². The molecule has 2 atom stereocenters. The van der Waals surface area contributed by atoms with Gasteiger partial charge in [-0.3, -0.25) is 9.59 Å². The molecule has 0 saturated carbocycles. The van der Waals surface area contributed by atoms with E-state index in [1.807, 2.05) is 6.92 Å². The van der Waals surface area contributed by atoms with Crippen LogP contribution in [0.15, 0.2) is 0 Å². The van der Waals surface area contributed by atoms with Crippen LogP contribution in [0.25, 0.3) is 0 Å². The summed E-state index contributed by atoms with van der Waals surface area (Å²) >= 11 is 3.23. The van der Waals surface area contributed by atoms with Crippen molar-refractivity contribution >= 4 is 27.8 Å². The second kappa shape index (κ2) is 5.49. The van der Waals surface area contributed by atoms with E-state index in [1.54, 1.807) is 4.90 Å². The third-order valence-corrected chi connectivity index (χ3v) is 3.17. The molecule has 0 N–H and O–H groups in total. The lowest BCUT2D eigenvalue weighted by Crippen LogP contribution is -2.30. The molecule has 86 valence electrons. The van der Waals surface area contributed by atoms with Gasteiger partial charge in [-0.2, -0.15) is 0 Å². The average Bonchev–Trinajstić information content (AvgIpc) is 2.60. The number of hydrogen-bond donors (Lipinski definition) is 0. The number of nitrogens with zero attached hydrogens (tertiary/aromatic N) is 1. The minimum Gasteiger partial charge on any atom is -0.469 e. The summed E-state index contributed by atoms with van der Waals surface area (Å²) in [5.74, 6) is -0.0761. The Morgan fingerprint density at radius 3 is 2.67 bits per heavy atom. The highest BCUT2D eigenvalue weighted by molar-refractivity contribution is 9.09. The fourth-order valence-corrected chi connectivity index (χ4v) is 2.21. The first-order valence-electron chi connectivity index (χ1n) is 5.01. The van der Waals surface area contributed by atoms with Crippen molar-refractivity contribution in [3.05, 3.63) is 0 Å². The summed E-state index contributed by atoms with van der Waals surface area (Å²) in [4.78, 5) is 24.7. The number of esters is 1. The van der Waals surface area contributed by atoms with Crippen LogP contribution in [-0.4, -0.2) is 42.3 Å². The maximum atomic E-state index is 11.6. The summed E-state index contributed by atoms with van der Waals surface area (Å²) in [6.45, 7) is 3.13. The van der Waals surface area contributed by atoms with Gasteiger partial charge >= 0.3 is 5.97 Å². The zero-order valence-corrected chi connectivity index (χ0v) is 10.6. The molecular weight excluding hydrogens is 262 g/mol. The van der Waals surface area contributed by atoms with Crippen molar-refractivity contribution in [3.63, 3.8) is 0 Å². The number of carbonyl (C=O) groups is 2. The number of alkyl halides is 1. The summed E-state index contributed by atoms with van der Waals surface area (Å²) in [5.41, 5.74) is 0. The molecule has 0 aromatic heterocycles. The predicted octanol–water partition coefficient (Wildman–Crippen LogP) is 1.04. The SMILES string of the molecule is COC(=O)C1CN(C(=O)CCBr)CC1C. The first-order chi connectivity index (χ1) is 7.10. The summed E-state index contributed by atoms with van der Waals surface area (Å²) in [6, 6.07) is 0. The molecule has 2 unspecified atom stereocenters. The third kappa shape index (κ3) is 2.93. The highest BCUT2D eigenvalue weighted by atomic mass is 79.9. The molecule has 0 spiro atoms. The van der Waals surface area contributed by atoms with Gasteiger partial charge in [0.05, 0.1) is 13.0 Å². The highest BCUT2D eigenvalue weighted by Gasteiger charge is 2.37. The minimum atomic E-state index is -0.211. The zero-order chi connectivity index (χ0) is 11.4. The normalized spacial score (nSPS) is 25.4. The van der Waals surface area contributed by atoms with Crippen molar-refractivity contribution in [3.8, 4) is 0 Å². The van der Waals surface area contributed by atoms with Gasteiger partial charge in [-0.15, -0.1) is 0 Å². The number of halogens is 1. The first kappa shape index (κ1) is 12.5. The first-order valence-corrected chi connectivity index (χ1v) is 6.13. The lowest BCUT2D eigenvalue weighted by atomic mass is 9.99. The van der Waals surface area contributed by atoms with E-state index in [1.165, 1.54) is 7.11 Å². The lowest BCUT2D eigenvalue weighted by Gasteiger charge is -2.14. The number of rotatable bonds is 3. The Morgan fingerprint density at radius 2 is 2.13 bits per heavy atom. The molecule has 1 fully saturated rings. The molecule has 0 aliphatic carbocycles. The molecule has 1 heterocycles. The molecule has 1 aliphatic rings. The Morgan fingerprint density at radius 1 is 1.47 bits per heavy atom. The van der Waals surface area contributed by atoms with Crippen LogP contribution in [0.3, 0.4) is 0 Å². The Balaban J connectivity index is 2.55. The molecular formula is C10H16BrNO3. The van der Waals surface area contributed by atoms with E-state index in [0.29, 0.717) is 24.8 Å². The van der Waals surface area contributed by atoms with Crippen molar-refractivity contribution in [1.29, 1.82) is 0 Å². The summed E-state index contributed by atoms with van der Waals surface area (Å²) in [6.07, 6.45) is 0.487. The minimum absolute atomic E-state index is 0.102. The second-order valence-corrected chi connectivity index (χ2v) is 4.64. The van der Waals surface area contributed by atoms with Crippen LogP contribution in [-0.2, 0) is 14.3 Å². The van der Waals surface area contributed by atoms with Crippen LogP contribution in [0.4, 0.5) is 0 Å². The molecule has 0 aromatic carbocycles. The van der Waals surface area contributed by atoms with Gasteiger partial charge < -0.3 is 9.64 Å². The Bertz CT molecular complexity index is 257. The molecule has 5 heteroatoms. The van der Waals surface area contributed by atoms with Gasteiger partial charge in [0.15, 0.2) is 0 Å². The molecule has 4 nitrogen and oxygen atoms in total. The van der Waals surface area contributed by atoms with E-state index < -0.39 is 0 Å². The van der Waals surface area contributed by atoms with Crippen LogP contribution in [0.1, 0.15) is 13.3 Å². The van der Waals surface area contributed by atoms with Gasteiger partial charge in [0, 0.05) is 24.8 Å². The third-order valence-electron chi connectivity index (χ3n) is 2.78. The Kier molecular flexibility index (Phi) is 4.57. The van der Waals surface area contributed by atoms with Crippen LogP contribution in [0.2, 0.25) is 0 Å². The molecule has 15 heavy (non-hydrogen) atoms. The number of likely N-dealkylation sites (tertiary alicyclic amines) is 1. The van der Waals surface area contributed by atoms with Gasteiger partial charge in [-0.05, 0) is 5.92 Å². The van der Waals surface area contributed by atoms with Crippen LogP contribution in [0, 0.1) is 11.8 Å². The van der Waals surface area contributed by atoms with Crippen LogP contribution < -0.4 is 0 Å². The monoisotopic (exact) mass is 277 g/mol. The largest absolute Gasteiger partial charge is 0.469 e. The number of carbonyl (C=O) groups excluding carboxylic acids is 2. The molecule has 0 radical (unpaired) electrons. The molecule has 1 aliphatic heterocycles. The van der Waals surface area contributed by atoms with E-state index in [4.69, 9.17) is 4.74 Å². The zero-order valence-electron chi connectivity index (χ0n) is 9.03. The van der Waals surface area contributed by atoms with Crippen LogP contribution >= 0.6 is 15.9 Å². The summed E-state index contributed by atoms with van der Waals surface area (Å²) < 4.78 is 4.71.